The minimum Gasteiger partial charge on any atom is -0.480 e. The highest BCUT2D eigenvalue weighted by atomic mass is 19.1. The highest BCUT2D eigenvalue weighted by molar-refractivity contribution is 6.12. The molecule has 6 nitrogen and oxygen atoms in total. The number of aromatic carboxylic acids is 1. The lowest BCUT2D eigenvalue weighted by molar-refractivity contribution is -0.138. The number of hydrogen-bond acceptors (Lipinski definition) is 4. The van der Waals surface area contributed by atoms with Crippen molar-refractivity contribution in [1.82, 2.24) is 0 Å². The minimum absolute atomic E-state index is 0.157. The number of carbonyl (C=O) groups is 3. The standard InChI is InChI=1S/C24H20FNO5/c25-18-12-10-16(11-13-18)22(27)19-3-1-2-4-20(19)26-21(24(30)31)14-7-15-5-8-17(9-6-15)23(28)29/h1-6,8-13,21,26H,7,14H2,(H,28,29)(H,30,31). The zero-order valence-corrected chi connectivity index (χ0v) is 16.4. The van der Waals surface area contributed by atoms with Crippen molar-refractivity contribution in [3.63, 3.8) is 0 Å². The Morgan fingerprint density at radius 2 is 1.45 bits per heavy atom. The first-order chi connectivity index (χ1) is 14.8. The second-order valence-corrected chi connectivity index (χ2v) is 6.96. The summed E-state index contributed by atoms with van der Waals surface area (Å²) in [6.45, 7) is 0. The molecule has 0 aliphatic heterocycles. The molecule has 3 N–H and O–H groups in total. The van der Waals surface area contributed by atoms with Gasteiger partial charge in [0.05, 0.1) is 5.56 Å². The van der Waals surface area contributed by atoms with Crippen molar-refractivity contribution in [2.24, 2.45) is 0 Å². The summed E-state index contributed by atoms with van der Waals surface area (Å²) in [6.07, 6.45) is 0.624. The fourth-order valence-electron chi connectivity index (χ4n) is 3.13. The number of nitrogens with one attached hydrogen (secondary N) is 1. The molecule has 3 aromatic carbocycles. The number of carbonyl (C=O) groups excluding carboxylic acids is 1. The number of benzene rings is 3. The van der Waals surface area contributed by atoms with Crippen LogP contribution in [-0.2, 0) is 11.2 Å². The third kappa shape index (κ3) is 5.54. The molecule has 1 unspecified atom stereocenters. The lowest BCUT2D eigenvalue weighted by atomic mass is 10.00. The van der Waals surface area contributed by atoms with Gasteiger partial charge in [-0.2, -0.15) is 0 Å². The first kappa shape index (κ1) is 21.7. The molecule has 0 aliphatic rings. The average molecular weight is 421 g/mol. The van der Waals surface area contributed by atoms with Crippen molar-refractivity contribution in [2.45, 2.75) is 18.9 Å². The first-order valence-corrected chi connectivity index (χ1v) is 9.56. The molecule has 0 radical (unpaired) electrons. The average Bonchev–Trinajstić information content (AvgIpc) is 2.77. The summed E-state index contributed by atoms with van der Waals surface area (Å²) in [6, 6.07) is 17.0. The predicted octanol–water partition coefficient (Wildman–Crippen LogP) is 4.25. The summed E-state index contributed by atoms with van der Waals surface area (Å²) < 4.78 is 13.2. The molecule has 0 saturated carbocycles. The largest absolute Gasteiger partial charge is 0.480 e. The van der Waals surface area contributed by atoms with Crippen molar-refractivity contribution < 1.29 is 29.0 Å². The number of aliphatic carboxylic acids is 1. The lowest BCUT2D eigenvalue weighted by Gasteiger charge is -2.18. The summed E-state index contributed by atoms with van der Waals surface area (Å²) in [4.78, 5) is 35.6. The quantitative estimate of drug-likeness (QED) is 0.446. The van der Waals surface area contributed by atoms with E-state index in [1.807, 2.05) is 0 Å². The highest BCUT2D eigenvalue weighted by Gasteiger charge is 2.21. The first-order valence-electron chi connectivity index (χ1n) is 9.56. The Kier molecular flexibility index (Phi) is 6.77. The SMILES string of the molecule is O=C(O)c1ccc(CCC(Nc2ccccc2C(=O)c2ccc(F)cc2)C(=O)O)cc1. The third-order valence-electron chi connectivity index (χ3n) is 4.83. The number of rotatable bonds is 9. The zero-order valence-electron chi connectivity index (χ0n) is 16.4. The molecule has 0 saturated heterocycles. The van der Waals surface area contributed by atoms with Crippen LogP contribution in [0.15, 0.2) is 72.8 Å². The fourth-order valence-corrected chi connectivity index (χ4v) is 3.13. The molecule has 0 spiro atoms. The van der Waals surface area contributed by atoms with Gasteiger partial charge in [-0.3, -0.25) is 4.79 Å². The molecule has 0 heterocycles. The molecule has 0 aliphatic carbocycles. The van der Waals surface area contributed by atoms with Crippen molar-refractivity contribution in [3.05, 3.63) is 101 Å². The Bertz CT molecular complexity index is 1090. The summed E-state index contributed by atoms with van der Waals surface area (Å²) in [5.74, 6) is -2.91. The summed E-state index contributed by atoms with van der Waals surface area (Å²) in [5, 5.41) is 21.5. The minimum atomic E-state index is -1.08. The number of hydrogen-bond donors (Lipinski definition) is 3. The molecular weight excluding hydrogens is 401 g/mol. The molecule has 3 aromatic rings. The van der Waals surface area contributed by atoms with Crippen LogP contribution in [0.1, 0.15) is 38.3 Å². The molecule has 31 heavy (non-hydrogen) atoms. The lowest BCUT2D eigenvalue weighted by Crippen LogP contribution is -2.30. The smallest absolute Gasteiger partial charge is 0.335 e. The van der Waals surface area contributed by atoms with Gasteiger partial charge in [-0.25, -0.2) is 14.0 Å². The highest BCUT2D eigenvalue weighted by Crippen LogP contribution is 2.22. The van der Waals surface area contributed by atoms with Gasteiger partial charge in [0.15, 0.2) is 5.78 Å². The van der Waals surface area contributed by atoms with Gasteiger partial charge < -0.3 is 15.5 Å². The van der Waals surface area contributed by atoms with Crippen LogP contribution in [0.25, 0.3) is 0 Å². The van der Waals surface area contributed by atoms with Crippen LogP contribution in [0.4, 0.5) is 10.1 Å². The van der Waals surface area contributed by atoms with Crippen molar-refractivity contribution in [3.8, 4) is 0 Å². The number of carboxylic acids is 2. The van der Waals surface area contributed by atoms with Crippen molar-refractivity contribution >= 4 is 23.4 Å². The molecule has 0 amide bonds. The Labute approximate surface area is 178 Å². The maximum absolute atomic E-state index is 13.2. The molecule has 7 heteroatoms. The van der Waals surface area contributed by atoms with E-state index in [1.54, 1.807) is 36.4 Å². The number of anilines is 1. The normalized spacial score (nSPS) is 11.5. The number of halogens is 1. The van der Waals surface area contributed by atoms with Gasteiger partial charge in [0, 0.05) is 16.8 Å². The Morgan fingerprint density at radius 3 is 2.06 bits per heavy atom. The van der Waals surface area contributed by atoms with Crippen LogP contribution >= 0.6 is 0 Å². The Morgan fingerprint density at radius 1 is 0.839 bits per heavy atom. The maximum Gasteiger partial charge on any atom is 0.335 e. The summed E-state index contributed by atoms with van der Waals surface area (Å²) >= 11 is 0. The van der Waals surface area contributed by atoms with Crippen LogP contribution in [0.3, 0.4) is 0 Å². The van der Waals surface area contributed by atoms with Crippen LogP contribution in [0.5, 0.6) is 0 Å². The molecule has 0 bridgehead atoms. The zero-order chi connectivity index (χ0) is 22.4. The van der Waals surface area contributed by atoms with Crippen LogP contribution in [0, 0.1) is 5.82 Å². The molecular formula is C24H20FNO5. The second kappa shape index (κ2) is 9.67. The number of aryl methyl sites for hydroxylation is 1. The van der Waals surface area contributed by atoms with Gasteiger partial charge in [0.1, 0.15) is 11.9 Å². The number of ketones is 1. The number of para-hydroxylation sites is 1. The summed E-state index contributed by atoms with van der Waals surface area (Å²) in [5.41, 5.74) is 1.90. The molecule has 1 atom stereocenters. The van der Waals surface area contributed by atoms with Crippen LogP contribution in [-0.4, -0.2) is 34.0 Å². The van der Waals surface area contributed by atoms with Gasteiger partial charge in [-0.1, -0.05) is 24.3 Å². The van der Waals surface area contributed by atoms with E-state index < -0.39 is 23.8 Å². The van der Waals surface area contributed by atoms with E-state index in [1.165, 1.54) is 36.4 Å². The van der Waals surface area contributed by atoms with E-state index in [-0.39, 0.29) is 23.3 Å². The van der Waals surface area contributed by atoms with Gasteiger partial charge in [0.25, 0.3) is 0 Å². The van der Waals surface area contributed by atoms with E-state index in [2.05, 4.69) is 5.32 Å². The van der Waals surface area contributed by atoms with E-state index in [0.717, 1.165) is 5.56 Å². The molecule has 158 valence electrons. The van der Waals surface area contributed by atoms with E-state index in [9.17, 15) is 23.9 Å². The van der Waals surface area contributed by atoms with Crippen molar-refractivity contribution in [1.29, 1.82) is 0 Å². The van der Waals surface area contributed by atoms with Crippen molar-refractivity contribution in [2.75, 3.05) is 5.32 Å². The maximum atomic E-state index is 13.2. The van der Waals surface area contributed by atoms with E-state index in [4.69, 9.17) is 5.11 Å². The van der Waals surface area contributed by atoms with Gasteiger partial charge >= 0.3 is 11.9 Å². The van der Waals surface area contributed by atoms with E-state index >= 15 is 0 Å². The Hall–Kier alpha value is -4.00. The van der Waals surface area contributed by atoms with Gasteiger partial charge in [0.2, 0.25) is 0 Å². The van der Waals surface area contributed by atoms with Crippen LogP contribution in [0.2, 0.25) is 0 Å². The molecule has 0 fully saturated rings. The Balaban J connectivity index is 1.75. The predicted molar refractivity (Wildman–Crippen MR) is 113 cm³/mol. The van der Waals surface area contributed by atoms with Crippen LogP contribution < -0.4 is 5.32 Å². The third-order valence-corrected chi connectivity index (χ3v) is 4.83. The summed E-state index contributed by atoms with van der Waals surface area (Å²) in [7, 11) is 0. The van der Waals surface area contributed by atoms with E-state index in [0.29, 0.717) is 17.7 Å². The molecule has 0 aromatic heterocycles. The fraction of sp³-hybridized carbons (Fsp3) is 0.125. The van der Waals surface area contributed by atoms with Gasteiger partial charge in [-0.15, -0.1) is 0 Å². The second-order valence-electron chi connectivity index (χ2n) is 6.96. The number of carboxylic acid groups (broad SMARTS) is 2. The monoisotopic (exact) mass is 421 g/mol. The van der Waals surface area contributed by atoms with Gasteiger partial charge in [-0.05, 0) is 66.9 Å². The topological polar surface area (TPSA) is 104 Å². The molecule has 3 rings (SSSR count).